The molecule has 0 unspecified atom stereocenters. The molecule has 7 heteroatoms. The number of fused-ring (bicyclic) bond motifs is 3. The Bertz CT molecular complexity index is 1150. The Morgan fingerprint density at radius 2 is 1.90 bits per heavy atom. The maximum Gasteiger partial charge on any atom is 0.223 e. The maximum atomic E-state index is 12.6. The quantitative estimate of drug-likeness (QED) is 0.584. The van der Waals surface area contributed by atoms with Crippen LogP contribution in [0.15, 0.2) is 61.2 Å². The van der Waals surface area contributed by atoms with E-state index in [0.717, 1.165) is 54.0 Å². The van der Waals surface area contributed by atoms with Crippen LogP contribution in [0.2, 0.25) is 0 Å². The largest absolute Gasteiger partial charge is 0.355 e. The zero-order chi connectivity index (χ0) is 19.6. The van der Waals surface area contributed by atoms with Crippen LogP contribution in [-0.2, 0) is 11.3 Å². The van der Waals surface area contributed by atoms with Gasteiger partial charge in [-0.05, 0) is 48.7 Å². The Labute approximate surface area is 168 Å². The van der Waals surface area contributed by atoms with E-state index in [1.165, 1.54) is 0 Å². The molecule has 146 valence electrons. The number of amides is 1. The summed E-state index contributed by atoms with van der Waals surface area (Å²) in [6.07, 6.45) is 8.96. The molecular weight excluding hydrogens is 364 g/mol. The first kappa shape index (κ1) is 17.6. The fourth-order valence-electron chi connectivity index (χ4n) is 4.02. The number of rotatable bonds is 4. The number of carbonyl (C=O) groups is 1. The van der Waals surface area contributed by atoms with E-state index in [-0.39, 0.29) is 11.8 Å². The summed E-state index contributed by atoms with van der Waals surface area (Å²) in [6, 6.07) is 11.9. The molecule has 1 aliphatic rings. The van der Waals surface area contributed by atoms with Gasteiger partial charge in [-0.3, -0.25) is 9.78 Å². The van der Waals surface area contributed by atoms with Crippen molar-refractivity contribution in [3.8, 4) is 0 Å². The summed E-state index contributed by atoms with van der Waals surface area (Å²) in [5.41, 5.74) is 3.83. The van der Waals surface area contributed by atoms with Gasteiger partial charge < -0.3 is 14.6 Å². The number of carbonyl (C=O) groups excluding carboxylic acids is 1. The van der Waals surface area contributed by atoms with Gasteiger partial charge in [-0.25, -0.2) is 9.97 Å². The molecule has 7 nitrogen and oxygen atoms in total. The number of hydrogen-bond acceptors (Lipinski definition) is 5. The third-order valence-electron chi connectivity index (χ3n) is 5.57. The molecule has 4 aromatic rings. The number of hydrogen-bond donors (Lipinski definition) is 1. The van der Waals surface area contributed by atoms with Gasteiger partial charge in [-0.1, -0.05) is 6.07 Å². The molecule has 0 aliphatic carbocycles. The van der Waals surface area contributed by atoms with Crippen molar-refractivity contribution in [2.75, 3.05) is 18.0 Å². The van der Waals surface area contributed by atoms with Crippen LogP contribution in [0.5, 0.6) is 0 Å². The van der Waals surface area contributed by atoms with Gasteiger partial charge in [0.25, 0.3) is 0 Å². The molecular formula is C22H22N6O. The lowest BCUT2D eigenvalue weighted by atomic mass is 9.95. The van der Waals surface area contributed by atoms with E-state index in [4.69, 9.17) is 4.98 Å². The van der Waals surface area contributed by atoms with Crippen molar-refractivity contribution in [1.29, 1.82) is 0 Å². The summed E-state index contributed by atoms with van der Waals surface area (Å²) in [7, 11) is 0. The van der Waals surface area contributed by atoms with E-state index in [2.05, 4.69) is 30.7 Å². The van der Waals surface area contributed by atoms with E-state index in [1.807, 2.05) is 36.5 Å². The minimum Gasteiger partial charge on any atom is -0.355 e. The van der Waals surface area contributed by atoms with Crippen molar-refractivity contribution in [2.45, 2.75) is 19.4 Å². The standard InChI is InChI=1S/C22H22N6O/c29-22(25-15-16-4-1-9-23-14-16)17-7-12-27(13-8-17)21-19-6-3-11-28(19)18-5-2-10-24-20(18)26-21/h1-6,9-11,14,17H,7-8,12-13,15H2,(H,25,29). The molecule has 0 bridgehead atoms. The highest BCUT2D eigenvalue weighted by Gasteiger charge is 2.26. The fourth-order valence-corrected chi connectivity index (χ4v) is 4.02. The number of aromatic nitrogens is 4. The van der Waals surface area contributed by atoms with Gasteiger partial charge in [0.05, 0.1) is 11.0 Å². The second-order valence-electron chi connectivity index (χ2n) is 7.39. The van der Waals surface area contributed by atoms with Crippen molar-refractivity contribution in [3.63, 3.8) is 0 Å². The van der Waals surface area contributed by atoms with Crippen LogP contribution >= 0.6 is 0 Å². The second kappa shape index (κ2) is 7.50. The first-order valence-electron chi connectivity index (χ1n) is 9.93. The summed E-state index contributed by atoms with van der Waals surface area (Å²) in [5.74, 6) is 1.09. The molecule has 5 heterocycles. The van der Waals surface area contributed by atoms with Gasteiger partial charge in [0.1, 0.15) is 0 Å². The number of anilines is 1. The van der Waals surface area contributed by atoms with Gasteiger partial charge >= 0.3 is 0 Å². The van der Waals surface area contributed by atoms with Crippen LogP contribution in [0.4, 0.5) is 5.82 Å². The molecule has 4 aromatic heterocycles. The SMILES string of the molecule is O=C(NCc1cccnc1)C1CCN(c2nc3ncccc3n3cccc23)CC1. The lowest BCUT2D eigenvalue weighted by Gasteiger charge is -2.32. The second-order valence-corrected chi connectivity index (χ2v) is 7.39. The summed E-state index contributed by atoms with van der Waals surface area (Å²) < 4.78 is 2.14. The Hall–Kier alpha value is -3.48. The average Bonchev–Trinajstić information content (AvgIpc) is 3.28. The molecule has 0 atom stereocenters. The van der Waals surface area contributed by atoms with Crippen molar-refractivity contribution in [2.24, 2.45) is 5.92 Å². The molecule has 1 N–H and O–H groups in total. The molecule has 0 aromatic carbocycles. The molecule has 0 spiro atoms. The number of piperidine rings is 1. The Balaban J connectivity index is 1.29. The van der Waals surface area contributed by atoms with Crippen LogP contribution in [0.3, 0.4) is 0 Å². The first-order valence-corrected chi connectivity index (χ1v) is 9.93. The molecule has 5 rings (SSSR count). The van der Waals surface area contributed by atoms with E-state index in [1.54, 1.807) is 18.6 Å². The molecule has 1 aliphatic heterocycles. The third-order valence-corrected chi connectivity index (χ3v) is 5.57. The maximum absolute atomic E-state index is 12.6. The van der Waals surface area contributed by atoms with Crippen molar-refractivity contribution >= 4 is 28.4 Å². The topological polar surface area (TPSA) is 75.4 Å². The van der Waals surface area contributed by atoms with Crippen molar-refractivity contribution < 1.29 is 4.79 Å². The molecule has 29 heavy (non-hydrogen) atoms. The van der Waals surface area contributed by atoms with E-state index in [9.17, 15) is 4.79 Å². The molecule has 1 amide bonds. The molecule has 1 saturated heterocycles. The van der Waals surface area contributed by atoms with Gasteiger partial charge in [-0.2, -0.15) is 0 Å². The van der Waals surface area contributed by atoms with E-state index < -0.39 is 0 Å². The van der Waals surface area contributed by atoms with Crippen molar-refractivity contribution in [3.05, 3.63) is 66.7 Å². The molecule has 1 fully saturated rings. The average molecular weight is 386 g/mol. The predicted molar refractivity (Wildman–Crippen MR) is 112 cm³/mol. The Kier molecular flexibility index (Phi) is 4.56. The first-order chi connectivity index (χ1) is 14.3. The zero-order valence-corrected chi connectivity index (χ0v) is 16.0. The summed E-state index contributed by atoms with van der Waals surface area (Å²) >= 11 is 0. The molecule has 0 radical (unpaired) electrons. The smallest absolute Gasteiger partial charge is 0.223 e. The van der Waals surface area contributed by atoms with Crippen LogP contribution in [0, 0.1) is 5.92 Å². The van der Waals surface area contributed by atoms with Gasteiger partial charge in [0, 0.05) is 50.3 Å². The summed E-state index contributed by atoms with van der Waals surface area (Å²) in [6.45, 7) is 2.13. The normalized spacial score (nSPS) is 15.1. The lowest BCUT2D eigenvalue weighted by molar-refractivity contribution is -0.125. The highest BCUT2D eigenvalue weighted by atomic mass is 16.1. The summed E-state index contributed by atoms with van der Waals surface area (Å²) in [5, 5.41) is 3.05. The Morgan fingerprint density at radius 1 is 1.07 bits per heavy atom. The zero-order valence-electron chi connectivity index (χ0n) is 16.0. The van der Waals surface area contributed by atoms with E-state index in [0.29, 0.717) is 6.54 Å². The van der Waals surface area contributed by atoms with Gasteiger partial charge in [-0.15, -0.1) is 0 Å². The van der Waals surface area contributed by atoms with Gasteiger partial charge in [0.15, 0.2) is 11.5 Å². The van der Waals surface area contributed by atoms with Crippen molar-refractivity contribution in [1.82, 2.24) is 24.7 Å². The highest BCUT2D eigenvalue weighted by Crippen LogP contribution is 2.28. The monoisotopic (exact) mass is 386 g/mol. The Morgan fingerprint density at radius 3 is 2.72 bits per heavy atom. The van der Waals surface area contributed by atoms with Gasteiger partial charge in [0.2, 0.25) is 5.91 Å². The van der Waals surface area contributed by atoms with Crippen LogP contribution < -0.4 is 10.2 Å². The highest BCUT2D eigenvalue weighted by molar-refractivity contribution is 5.83. The predicted octanol–water partition coefficient (Wildman–Crippen LogP) is 2.81. The lowest BCUT2D eigenvalue weighted by Crippen LogP contribution is -2.40. The minimum absolute atomic E-state index is 0.0318. The van der Waals surface area contributed by atoms with Crippen LogP contribution in [0.1, 0.15) is 18.4 Å². The number of nitrogens with one attached hydrogen (secondary N) is 1. The van der Waals surface area contributed by atoms with Crippen LogP contribution in [0.25, 0.3) is 16.7 Å². The van der Waals surface area contributed by atoms with Crippen LogP contribution in [-0.4, -0.2) is 38.3 Å². The minimum atomic E-state index is 0.0318. The fraction of sp³-hybridized carbons (Fsp3) is 0.273. The summed E-state index contributed by atoms with van der Waals surface area (Å²) in [4.78, 5) is 28.2. The number of nitrogens with zero attached hydrogens (tertiary/aromatic N) is 5. The number of pyridine rings is 2. The molecule has 0 saturated carbocycles. The third kappa shape index (κ3) is 3.40. The van der Waals surface area contributed by atoms with E-state index >= 15 is 0 Å².